The molecule has 0 aliphatic carbocycles. The van der Waals surface area contributed by atoms with E-state index in [2.05, 4.69) is 53.6 Å². The summed E-state index contributed by atoms with van der Waals surface area (Å²) in [6.07, 6.45) is 4.20. The van der Waals surface area contributed by atoms with Crippen LogP contribution < -0.4 is 4.68 Å². The summed E-state index contributed by atoms with van der Waals surface area (Å²) in [6.45, 7) is 2.15. The van der Waals surface area contributed by atoms with Gasteiger partial charge in [-0.15, -0.1) is 4.68 Å². The van der Waals surface area contributed by atoms with E-state index in [1.54, 1.807) is 0 Å². The van der Waals surface area contributed by atoms with Crippen LogP contribution in [0.25, 0.3) is 0 Å². The van der Waals surface area contributed by atoms with Crippen molar-refractivity contribution in [3.8, 4) is 0 Å². The molecule has 1 aromatic rings. The molecule has 0 atom stereocenters. The normalized spacial score (nSPS) is 23.2. The van der Waals surface area contributed by atoms with Crippen LogP contribution in [0, 0.1) is 0 Å². The van der Waals surface area contributed by atoms with Crippen molar-refractivity contribution in [2.45, 2.75) is 17.9 Å². The van der Waals surface area contributed by atoms with Gasteiger partial charge in [0.15, 0.2) is 6.54 Å². The van der Waals surface area contributed by atoms with Crippen molar-refractivity contribution in [1.82, 2.24) is 4.68 Å². The van der Waals surface area contributed by atoms with Crippen LogP contribution in [0.1, 0.15) is 0 Å². The summed E-state index contributed by atoms with van der Waals surface area (Å²) < 4.78 is 5.56. The van der Waals surface area contributed by atoms with Gasteiger partial charge in [0.05, 0.1) is 17.6 Å². The van der Waals surface area contributed by atoms with Gasteiger partial charge in [-0.1, -0.05) is 15.9 Å². The third-order valence-corrected chi connectivity index (χ3v) is 2.63. The van der Waals surface area contributed by atoms with Gasteiger partial charge in [0, 0.05) is 0 Å². The Kier molecular flexibility index (Phi) is 1.60. The summed E-state index contributed by atoms with van der Waals surface area (Å²) in [5.41, 5.74) is 0. The topological polar surface area (TPSA) is 8.81 Å². The van der Waals surface area contributed by atoms with Crippen molar-refractivity contribution >= 4 is 31.9 Å². The van der Waals surface area contributed by atoms with Gasteiger partial charge in [-0.3, -0.25) is 0 Å². The Morgan fingerprint density at radius 1 is 1.70 bits per heavy atom. The van der Waals surface area contributed by atoms with Crippen LogP contribution in [0.2, 0.25) is 0 Å². The summed E-state index contributed by atoms with van der Waals surface area (Å²) >= 11 is 6.99. The minimum Gasteiger partial charge on any atom is -0.158 e. The second-order valence-corrected chi connectivity index (χ2v) is 4.70. The highest BCUT2D eigenvalue weighted by Crippen LogP contribution is 2.13. The van der Waals surface area contributed by atoms with Gasteiger partial charge in [-0.25, -0.2) is 0 Å². The molecule has 0 unspecified atom stereocenters. The zero-order valence-corrected chi connectivity index (χ0v) is 8.47. The highest BCUT2D eigenvalue weighted by Gasteiger charge is 2.25. The molecule has 2 heterocycles. The van der Waals surface area contributed by atoms with E-state index in [4.69, 9.17) is 0 Å². The summed E-state index contributed by atoms with van der Waals surface area (Å²) in [5.74, 6) is 0. The molecule has 2 rings (SSSR count). The van der Waals surface area contributed by atoms with Crippen LogP contribution >= 0.6 is 31.9 Å². The van der Waals surface area contributed by atoms with Crippen LogP contribution in [-0.4, -0.2) is 9.51 Å². The fourth-order valence-corrected chi connectivity index (χ4v) is 2.31. The number of hydrogen-bond donors (Lipinski definition) is 0. The monoisotopic (exact) mass is 265 g/mol. The Morgan fingerprint density at radius 2 is 2.50 bits per heavy atom. The SMILES string of the molecule is Brc1cn2[n+](c1)CC(Br)C2. The third kappa shape index (κ3) is 1.03. The van der Waals surface area contributed by atoms with Crippen molar-refractivity contribution in [3.05, 3.63) is 16.9 Å². The van der Waals surface area contributed by atoms with E-state index >= 15 is 0 Å². The number of nitrogens with zero attached hydrogens (tertiary/aromatic N) is 2. The second-order valence-electron chi connectivity index (χ2n) is 2.48. The van der Waals surface area contributed by atoms with Gasteiger partial charge in [-0.05, 0) is 15.9 Å². The molecule has 0 N–H and O–H groups in total. The molecule has 0 amide bonds. The molecule has 0 radical (unpaired) electrons. The van der Waals surface area contributed by atoms with E-state index in [0.29, 0.717) is 4.83 Å². The molecule has 1 aromatic heterocycles. The molecule has 0 bridgehead atoms. The Morgan fingerprint density at radius 3 is 3.20 bits per heavy atom. The minimum absolute atomic E-state index is 0.612. The van der Waals surface area contributed by atoms with Gasteiger partial charge in [0.25, 0.3) is 0 Å². The van der Waals surface area contributed by atoms with Crippen LogP contribution in [0.4, 0.5) is 0 Å². The summed E-state index contributed by atoms with van der Waals surface area (Å²) in [7, 11) is 0. The molecular formula is C6H7Br2N2+. The average Bonchev–Trinajstić information content (AvgIpc) is 2.21. The lowest BCUT2D eigenvalue weighted by Gasteiger charge is -1.85. The van der Waals surface area contributed by atoms with Crippen LogP contribution in [-0.2, 0) is 13.1 Å². The first-order valence-corrected chi connectivity index (χ1v) is 4.86. The van der Waals surface area contributed by atoms with Crippen molar-refractivity contribution in [2.75, 3.05) is 0 Å². The van der Waals surface area contributed by atoms with Crippen molar-refractivity contribution in [3.63, 3.8) is 0 Å². The van der Waals surface area contributed by atoms with Crippen molar-refractivity contribution < 1.29 is 4.68 Å². The first-order valence-electron chi connectivity index (χ1n) is 3.15. The van der Waals surface area contributed by atoms with E-state index in [9.17, 15) is 0 Å². The zero-order valence-electron chi connectivity index (χ0n) is 5.30. The predicted molar refractivity (Wildman–Crippen MR) is 45.0 cm³/mol. The van der Waals surface area contributed by atoms with E-state index in [-0.39, 0.29) is 0 Å². The smallest absolute Gasteiger partial charge is 0.158 e. The number of alkyl halides is 1. The van der Waals surface area contributed by atoms with Gasteiger partial charge >= 0.3 is 0 Å². The molecule has 0 fully saturated rings. The second kappa shape index (κ2) is 2.34. The van der Waals surface area contributed by atoms with E-state index < -0.39 is 0 Å². The maximum atomic E-state index is 3.57. The van der Waals surface area contributed by atoms with Crippen LogP contribution in [0.3, 0.4) is 0 Å². The highest BCUT2D eigenvalue weighted by atomic mass is 79.9. The average molecular weight is 267 g/mol. The van der Waals surface area contributed by atoms with E-state index in [0.717, 1.165) is 17.6 Å². The lowest BCUT2D eigenvalue weighted by molar-refractivity contribution is -0.757. The van der Waals surface area contributed by atoms with Crippen LogP contribution in [0.15, 0.2) is 16.9 Å². The standard InChI is InChI=1S/C6H7Br2N2/c7-5-1-9-3-6(8)4-10(9)2-5/h1-2,6H,3-4H2/q+1. The maximum Gasteiger partial charge on any atom is 0.209 e. The summed E-state index contributed by atoms with van der Waals surface area (Å²) in [6, 6.07) is 0. The first-order chi connectivity index (χ1) is 4.75. The number of rotatable bonds is 0. The number of aromatic nitrogens is 2. The molecule has 0 aromatic carbocycles. The van der Waals surface area contributed by atoms with Gasteiger partial charge in [0.2, 0.25) is 6.20 Å². The third-order valence-electron chi connectivity index (χ3n) is 1.65. The van der Waals surface area contributed by atoms with Gasteiger partial charge < -0.3 is 0 Å². The largest absolute Gasteiger partial charge is 0.209 e. The zero-order chi connectivity index (χ0) is 7.14. The molecule has 54 valence electrons. The number of hydrogen-bond acceptors (Lipinski definition) is 0. The van der Waals surface area contributed by atoms with Crippen LogP contribution in [0.5, 0.6) is 0 Å². The highest BCUT2D eigenvalue weighted by molar-refractivity contribution is 9.10. The van der Waals surface area contributed by atoms with Crippen molar-refractivity contribution in [1.29, 1.82) is 0 Å². The quantitative estimate of drug-likeness (QED) is 0.495. The first kappa shape index (κ1) is 6.85. The molecule has 10 heavy (non-hydrogen) atoms. The predicted octanol–water partition coefficient (Wildman–Crippen LogP) is 1.32. The maximum absolute atomic E-state index is 3.57. The lowest BCUT2D eigenvalue weighted by atomic mass is 10.4. The summed E-state index contributed by atoms with van der Waals surface area (Å²) in [4.78, 5) is 0.612. The Hall–Kier alpha value is 0.170. The van der Waals surface area contributed by atoms with Gasteiger partial charge in [0.1, 0.15) is 4.47 Å². The number of fused-ring (bicyclic) bond motifs is 1. The molecule has 0 saturated heterocycles. The van der Waals surface area contributed by atoms with E-state index in [1.165, 1.54) is 0 Å². The van der Waals surface area contributed by atoms with E-state index in [1.807, 2.05) is 0 Å². The number of halogens is 2. The summed E-state index contributed by atoms with van der Waals surface area (Å²) in [5, 5.41) is 0. The fraction of sp³-hybridized carbons (Fsp3) is 0.500. The molecule has 2 nitrogen and oxygen atoms in total. The van der Waals surface area contributed by atoms with Gasteiger partial charge in [-0.2, -0.15) is 4.68 Å². The Labute approximate surface area is 76.1 Å². The molecule has 1 aliphatic heterocycles. The van der Waals surface area contributed by atoms with Crippen molar-refractivity contribution in [2.24, 2.45) is 0 Å². The Bertz CT molecular complexity index is 233. The molecule has 1 aliphatic rings. The Balaban J connectivity index is 2.39. The molecule has 0 saturated carbocycles. The minimum atomic E-state index is 0.612. The molecule has 0 spiro atoms. The molecule has 4 heteroatoms. The lowest BCUT2D eigenvalue weighted by Crippen LogP contribution is -2.36. The fourth-order valence-electron chi connectivity index (χ4n) is 1.25. The molecular weight excluding hydrogens is 260 g/mol.